The third kappa shape index (κ3) is 2.23. The Labute approximate surface area is 105 Å². The highest BCUT2D eigenvalue weighted by molar-refractivity contribution is 6.31. The van der Waals surface area contributed by atoms with E-state index < -0.39 is 18.4 Å². The van der Waals surface area contributed by atoms with Crippen molar-refractivity contribution in [2.24, 2.45) is 0 Å². The summed E-state index contributed by atoms with van der Waals surface area (Å²) in [7, 11) is 0. The zero-order valence-corrected chi connectivity index (χ0v) is 10.2. The van der Waals surface area contributed by atoms with Crippen LogP contribution < -0.4 is 0 Å². The molecule has 4 nitrogen and oxygen atoms in total. The minimum absolute atomic E-state index is 0.473. The number of aliphatic hydroxyl groups is 1. The molecule has 1 heterocycles. The van der Waals surface area contributed by atoms with Crippen LogP contribution in [-0.2, 0) is 4.74 Å². The quantitative estimate of drug-likeness (QED) is 0.903. The Kier molecular flexibility index (Phi) is 3.54. The molecule has 2 rings (SSSR count). The van der Waals surface area contributed by atoms with Crippen LogP contribution in [0.1, 0.15) is 25.0 Å². The molecule has 1 saturated heterocycles. The maximum absolute atomic E-state index is 11.6. The summed E-state index contributed by atoms with van der Waals surface area (Å²) in [5.41, 5.74) is 0.633. The summed E-state index contributed by atoms with van der Waals surface area (Å²) in [5.74, 6) is 0. The van der Waals surface area contributed by atoms with Crippen LogP contribution in [0.25, 0.3) is 0 Å². The van der Waals surface area contributed by atoms with Gasteiger partial charge in [-0.2, -0.15) is 0 Å². The Hall–Kier alpha value is -1.26. The zero-order valence-electron chi connectivity index (χ0n) is 9.47. The Morgan fingerprint density at radius 1 is 1.47 bits per heavy atom. The number of nitrogens with zero attached hydrogens (tertiary/aromatic N) is 1. The number of amides is 1. The third-order valence-electron chi connectivity index (χ3n) is 2.73. The molecule has 1 amide bonds. The van der Waals surface area contributed by atoms with E-state index in [0.29, 0.717) is 17.1 Å². The van der Waals surface area contributed by atoms with Gasteiger partial charge < -0.3 is 9.84 Å². The summed E-state index contributed by atoms with van der Waals surface area (Å²) in [6, 6.07) is 7.04. The molecule has 0 bridgehead atoms. The molecule has 92 valence electrons. The summed E-state index contributed by atoms with van der Waals surface area (Å²) in [4.78, 5) is 12.9. The number of cyclic esters (lactones) is 1. The van der Waals surface area contributed by atoms with Gasteiger partial charge in [0, 0.05) is 17.1 Å². The molecular formula is C12H14ClNO3. The second-order valence-corrected chi connectivity index (χ2v) is 4.34. The molecular weight excluding hydrogens is 242 g/mol. The maximum atomic E-state index is 11.6. The van der Waals surface area contributed by atoms with Gasteiger partial charge in [0.15, 0.2) is 12.3 Å². The van der Waals surface area contributed by atoms with Crippen LogP contribution in [0.15, 0.2) is 24.3 Å². The predicted molar refractivity (Wildman–Crippen MR) is 63.7 cm³/mol. The van der Waals surface area contributed by atoms with Gasteiger partial charge in [-0.05, 0) is 12.5 Å². The van der Waals surface area contributed by atoms with E-state index in [-0.39, 0.29) is 0 Å². The van der Waals surface area contributed by atoms with E-state index >= 15 is 0 Å². The summed E-state index contributed by atoms with van der Waals surface area (Å²) in [6.07, 6.45) is -1.41. The lowest BCUT2D eigenvalue weighted by Crippen LogP contribution is -2.34. The van der Waals surface area contributed by atoms with Crippen molar-refractivity contribution in [2.75, 3.05) is 6.54 Å². The number of rotatable bonds is 3. The maximum Gasteiger partial charge on any atom is 0.412 e. The van der Waals surface area contributed by atoms with Crippen molar-refractivity contribution in [3.63, 3.8) is 0 Å². The first-order valence-corrected chi connectivity index (χ1v) is 5.92. The van der Waals surface area contributed by atoms with Gasteiger partial charge in [-0.3, -0.25) is 4.90 Å². The van der Waals surface area contributed by atoms with E-state index in [1.165, 1.54) is 4.90 Å². The fourth-order valence-electron chi connectivity index (χ4n) is 1.90. The van der Waals surface area contributed by atoms with Crippen molar-refractivity contribution >= 4 is 17.7 Å². The number of ether oxygens (including phenoxy) is 1. The molecule has 0 radical (unpaired) electrons. The number of benzene rings is 1. The van der Waals surface area contributed by atoms with Gasteiger partial charge in [-0.15, -0.1) is 0 Å². The minimum Gasteiger partial charge on any atom is -0.436 e. The van der Waals surface area contributed by atoms with E-state index in [0.717, 1.165) is 6.42 Å². The highest BCUT2D eigenvalue weighted by Gasteiger charge is 2.41. The SMILES string of the molecule is CCCN1C(=O)O[C@H](c2ccccc2Cl)[C@@H]1O. The second kappa shape index (κ2) is 4.94. The average Bonchev–Trinajstić information content (AvgIpc) is 2.58. The molecule has 0 aromatic heterocycles. The standard InChI is InChI=1S/C12H14ClNO3/c1-2-7-14-11(15)10(17-12(14)16)8-5-3-4-6-9(8)13/h3-6,10-11,15H,2,7H2,1H3/t10-,11+/m1/s1. The zero-order chi connectivity index (χ0) is 12.4. The first-order chi connectivity index (χ1) is 8.15. The van der Waals surface area contributed by atoms with Crippen molar-refractivity contribution in [3.8, 4) is 0 Å². The topological polar surface area (TPSA) is 49.8 Å². The third-order valence-corrected chi connectivity index (χ3v) is 3.07. The van der Waals surface area contributed by atoms with Gasteiger partial charge in [0.1, 0.15) is 0 Å². The molecule has 1 aromatic carbocycles. The fraction of sp³-hybridized carbons (Fsp3) is 0.417. The average molecular weight is 256 g/mol. The molecule has 17 heavy (non-hydrogen) atoms. The van der Waals surface area contributed by atoms with Crippen molar-refractivity contribution in [1.29, 1.82) is 0 Å². The Morgan fingerprint density at radius 2 is 2.18 bits per heavy atom. The monoisotopic (exact) mass is 255 g/mol. The molecule has 5 heteroatoms. The largest absolute Gasteiger partial charge is 0.436 e. The van der Waals surface area contributed by atoms with Crippen LogP contribution in [-0.4, -0.2) is 28.9 Å². The van der Waals surface area contributed by atoms with Crippen molar-refractivity contribution < 1.29 is 14.6 Å². The number of hydrogen-bond acceptors (Lipinski definition) is 3. The molecule has 2 atom stereocenters. The molecule has 1 aromatic rings. The Bertz CT molecular complexity index is 424. The number of aliphatic hydroxyl groups excluding tert-OH is 1. The normalized spacial score (nSPS) is 23.9. The van der Waals surface area contributed by atoms with Crippen LogP contribution in [0.2, 0.25) is 5.02 Å². The van der Waals surface area contributed by atoms with E-state index in [9.17, 15) is 9.90 Å². The van der Waals surface area contributed by atoms with Crippen LogP contribution >= 0.6 is 11.6 Å². The summed E-state index contributed by atoms with van der Waals surface area (Å²) >= 11 is 6.02. The van der Waals surface area contributed by atoms with Gasteiger partial charge in [-0.1, -0.05) is 36.7 Å². The highest BCUT2D eigenvalue weighted by Crippen LogP contribution is 2.34. The van der Waals surface area contributed by atoms with Gasteiger partial charge in [0.25, 0.3) is 0 Å². The molecule has 1 aliphatic rings. The smallest absolute Gasteiger partial charge is 0.412 e. The lowest BCUT2D eigenvalue weighted by Gasteiger charge is -2.19. The van der Waals surface area contributed by atoms with Crippen molar-refractivity contribution in [3.05, 3.63) is 34.9 Å². The van der Waals surface area contributed by atoms with E-state index in [2.05, 4.69) is 0 Å². The van der Waals surface area contributed by atoms with E-state index in [1.807, 2.05) is 6.92 Å². The molecule has 1 N–H and O–H groups in total. The van der Waals surface area contributed by atoms with Gasteiger partial charge in [0.2, 0.25) is 0 Å². The van der Waals surface area contributed by atoms with Crippen LogP contribution in [0, 0.1) is 0 Å². The lowest BCUT2D eigenvalue weighted by molar-refractivity contribution is 0.0136. The molecule has 1 aliphatic heterocycles. The van der Waals surface area contributed by atoms with Crippen LogP contribution in [0.4, 0.5) is 4.79 Å². The van der Waals surface area contributed by atoms with Crippen LogP contribution in [0.5, 0.6) is 0 Å². The lowest BCUT2D eigenvalue weighted by atomic mass is 10.1. The first kappa shape index (κ1) is 12.2. The van der Waals surface area contributed by atoms with Crippen molar-refractivity contribution in [1.82, 2.24) is 4.90 Å². The number of hydrogen-bond donors (Lipinski definition) is 1. The van der Waals surface area contributed by atoms with Gasteiger partial charge in [-0.25, -0.2) is 4.79 Å². The number of carbonyl (C=O) groups excluding carboxylic acids is 1. The Morgan fingerprint density at radius 3 is 2.82 bits per heavy atom. The predicted octanol–water partition coefficient (Wildman–Crippen LogP) is 2.56. The molecule has 0 aliphatic carbocycles. The molecule has 0 saturated carbocycles. The summed E-state index contributed by atoms with van der Waals surface area (Å²) in [5, 5.41) is 10.5. The number of carbonyl (C=O) groups is 1. The van der Waals surface area contributed by atoms with Crippen molar-refractivity contribution in [2.45, 2.75) is 25.7 Å². The van der Waals surface area contributed by atoms with E-state index in [1.54, 1.807) is 24.3 Å². The molecule has 0 unspecified atom stereocenters. The van der Waals surface area contributed by atoms with Crippen LogP contribution in [0.3, 0.4) is 0 Å². The fourth-order valence-corrected chi connectivity index (χ4v) is 2.15. The minimum atomic E-state index is -0.970. The molecule has 0 spiro atoms. The van der Waals surface area contributed by atoms with E-state index in [4.69, 9.17) is 16.3 Å². The summed E-state index contributed by atoms with van der Waals surface area (Å²) in [6.45, 7) is 2.41. The number of halogens is 1. The Balaban J connectivity index is 2.25. The van der Waals surface area contributed by atoms with Gasteiger partial charge in [0.05, 0.1) is 0 Å². The first-order valence-electron chi connectivity index (χ1n) is 5.55. The van der Waals surface area contributed by atoms with Gasteiger partial charge >= 0.3 is 6.09 Å². The highest BCUT2D eigenvalue weighted by atomic mass is 35.5. The second-order valence-electron chi connectivity index (χ2n) is 3.93. The summed E-state index contributed by atoms with van der Waals surface area (Å²) < 4.78 is 5.16. The molecule has 1 fully saturated rings.